The second-order valence-corrected chi connectivity index (χ2v) is 5.01. The average Bonchev–Trinajstić information content (AvgIpc) is 2.29. The first-order chi connectivity index (χ1) is 5.92. The van der Waals surface area contributed by atoms with Crippen LogP contribution < -0.4 is 0 Å². The Labute approximate surface area is 78.3 Å². The molecule has 0 bridgehead atoms. The molecule has 13 heavy (non-hydrogen) atoms. The van der Waals surface area contributed by atoms with Crippen molar-refractivity contribution >= 4 is 15.4 Å². The minimum Gasteiger partial charge on any atom is -0.356 e. The lowest BCUT2D eigenvalue weighted by Crippen LogP contribution is -2.23. The first-order valence-electron chi connectivity index (χ1n) is 4.09. The molecule has 1 N–H and O–H groups in total. The maximum atomic E-state index is 10.9. The molecular weight excluding hydrogens is 194 g/mol. The van der Waals surface area contributed by atoms with Gasteiger partial charge in [-0.05, 0) is 0 Å². The van der Waals surface area contributed by atoms with Crippen LogP contribution in [0, 0.1) is 0 Å². The van der Waals surface area contributed by atoms with Crippen LogP contribution in [-0.2, 0) is 18.6 Å². The van der Waals surface area contributed by atoms with Crippen LogP contribution in [0.1, 0.15) is 6.42 Å². The lowest BCUT2D eigenvalue weighted by atomic mass is 9.95. The molecule has 0 radical (unpaired) electrons. The fourth-order valence-corrected chi connectivity index (χ4v) is 2.06. The van der Waals surface area contributed by atoms with Crippen molar-refractivity contribution in [2.24, 2.45) is 0 Å². The van der Waals surface area contributed by atoms with Crippen LogP contribution in [0.2, 0.25) is 0 Å². The molecule has 1 aliphatic rings. The number of methoxy groups -OCH3 is 1. The van der Waals surface area contributed by atoms with Crippen LogP contribution in [0.25, 0.3) is 0 Å². The van der Waals surface area contributed by atoms with Crippen molar-refractivity contribution in [2.45, 2.75) is 24.8 Å². The van der Waals surface area contributed by atoms with Gasteiger partial charge in [-0.2, -0.15) is 0 Å². The fourth-order valence-electron chi connectivity index (χ4n) is 1.30. The summed E-state index contributed by atoms with van der Waals surface area (Å²) in [6.45, 7) is 1.17. The third kappa shape index (κ3) is 3.40. The molecule has 0 aliphatic carbocycles. The van der Waals surface area contributed by atoms with Crippen molar-refractivity contribution in [2.75, 3.05) is 13.8 Å². The smallest absolute Gasteiger partial charge is 0.325 e. The van der Waals surface area contributed by atoms with Gasteiger partial charge >= 0.3 is 7.60 Å². The van der Waals surface area contributed by atoms with Gasteiger partial charge in [-0.1, -0.05) is 0 Å². The summed E-state index contributed by atoms with van der Waals surface area (Å²) in [6.07, 6.45) is -0.187. The van der Waals surface area contributed by atoms with E-state index < -0.39 is 7.60 Å². The van der Waals surface area contributed by atoms with Crippen LogP contribution in [0.5, 0.6) is 0 Å². The van der Waals surface area contributed by atoms with E-state index in [0.29, 0.717) is 6.42 Å². The van der Waals surface area contributed by atoms with Crippen LogP contribution in [0.3, 0.4) is 0 Å². The normalized spacial score (nSPS) is 38.8. The van der Waals surface area contributed by atoms with E-state index in [2.05, 4.69) is 0 Å². The van der Waals surface area contributed by atoms with Crippen LogP contribution in [-0.4, -0.2) is 44.9 Å². The van der Waals surface area contributed by atoms with E-state index in [1.54, 1.807) is 7.85 Å². The van der Waals surface area contributed by atoms with Crippen LogP contribution in [0.4, 0.5) is 0 Å². The molecule has 2 unspecified atom stereocenters. The highest BCUT2D eigenvalue weighted by atomic mass is 31.2. The first-order valence-corrected chi connectivity index (χ1v) is 6.12. The summed E-state index contributed by atoms with van der Waals surface area (Å²) in [4.78, 5) is 8.99. The van der Waals surface area contributed by atoms with E-state index in [1.165, 1.54) is 13.8 Å². The van der Waals surface area contributed by atoms with Crippen molar-refractivity contribution in [3.63, 3.8) is 0 Å². The predicted octanol–water partition coefficient (Wildman–Crippen LogP) is -0.461. The first kappa shape index (κ1) is 11.2. The van der Waals surface area contributed by atoms with Gasteiger partial charge in [0.2, 0.25) is 0 Å². The third-order valence-electron chi connectivity index (χ3n) is 1.91. The number of hydrogen-bond acceptors (Lipinski definition) is 4. The van der Waals surface area contributed by atoms with Crippen molar-refractivity contribution in [1.82, 2.24) is 0 Å². The Morgan fingerprint density at radius 1 is 1.69 bits per heavy atom. The zero-order chi connectivity index (χ0) is 10.1. The topological polar surface area (TPSA) is 65.0 Å². The minimum atomic E-state index is -3.42. The van der Waals surface area contributed by atoms with Crippen LogP contribution >= 0.6 is 7.60 Å². The Bertz CT molecular complexity index is 217. The van der Waals surface area contributed by atoms with E-state index >= 15 is 0 Å². The second-order valence-electron chi connectivity index (χ2n) is 3.19. The van der Waals surface area contributed by atoms with Gasteiger partial charge in [0.15, 0.2) is 6.29 Å². The molecule has 1 aliphatic heterocycles. The predicted molar refractivity (Wildman–Crippen MR) is 49.5 cm³/mol. The summed E-state index contributed by atoms with van der Waals surface area (Å²) in [7, 11) is -0.102. The van der Waals surface area contributed by atoms with E-state index in [9.17, 15) is 4.57 Å². The average molecular weight is 208 g/mol. The second kappa shape index (κ2) is 4.11. The Balaban J connectivity index is 2.48. The Morgan fingerprint density at radius 3 is 2.69 bits per heavy atom. The molecule has 0 aromatic heterocycles. The molecule has 0 aromatic rings. The largest absolute Gasteiger partial charge is 0.356 e. The molecule has 0 aromatic carbocycles. The highest BCUT2D eigenvalue weighted by Gasteiger charge is 2.35. The van der Waals surface area contributed by atoms with Crippen molar-refractivity contribution < 1.29 is 23.5 Å². The maximum absolute atomic E-state index is 10.9. The van der Waals surface area contributed by atoms with Gasteiger partial charge in [0.1, 0.15) is 7.85 Å². The van der Waals surface area contributed by atoms with E-state index in [0.717, 1.165) is 0 Å². The summed E-state index contributed by atoms with van der Waals surface area (Å²) >= 11 is 0. The molecule has 76 valence electrons. The van der Waals surface area contributed by atoms with Crippen LogP contribution in [0.15, 0.2) is 0 Å². The van der Waals surface area contributed by atoms with Crippen molar-refractivity contribution in [1.29, 1.82) is 0 Å². The minimum absolute atomic E-state index is 0.203. The third-order valence-corrected chi connectivity index (χ3v) is 2.57. The molecule has 1 heterocycles. The van der Waals surface area contributed by atoms with E-state index in [-0.39, 0.29) is 18.4 Å². The van der Waals surface area contributed by atoms with Gasteiger partial charge in [-0.3, -0.25) is 4.57 Å². The maximum Gasteiger partial charge on any atom is 0.325 e. The summed E-state index contributed by atoms with van der Waals surface area (Å²) < 4.78 is 26.1. The summed E-state index contributed by atoms with van der Waals surface area (Å²) in [5.74, 6) is 0. The van der Waals surface area contributed by atoms with Gasteiger partial charge in [-0.25, -0.2) is 0 Å². The lowest BCUT2D eigenvalue weighted by Gasteiger charge is -2.16. The molecule has 7 heteroatoms. The molecule has 1 rings (SSSR count). The molecule has 0 saturated carbocycles. The van der Waals surface area contributed by atoms with Crippen molar-refractivity contribution in [3.8, 4) is 0 Å². The number of hydrogen-bond donors (Lipinski definition) is 1. The lowest BCUT2D eigenvalue weighted by molar-refractivity contribution is -0.0980. The SMILES string of the molecule is B[C@@H]1O[C@H](OC)CC1OP(C)(=O)O. The van der Waals surface area contributed by atoms with E-state index in [4.69, 9.17) is 18.9 Å². The highest BCUT2D eigenvalue weighted by molar-refractivity contribution is 7.51. The molecule has 0 amide bonds. The summed E-state index contributed by atoms with van der Waals surface area (Å²) in [5.41, 5.74) is 0. The molecular formula is C6H14BO5P. The summed E-state index contributed by atoms with van der Waals surface area (Å²) in [6, 6.07) is -0.203. The standard InChI is InChI=1S/C6H14BO5P/c1-10-5-3-4(6(7)11-5)12-13(2,8)9/h4-6H,3,7H2,1-2H3,(H,8,9)/t4?,5-,6+/m0/s1. The zero-order valence-electron chi connectivity index (χ0n) is 7.97. The monoisotopic (exact) mass is 208 g/mol. The van der Waals surface area contributed by atoms with Gasteiger partial charge in [-0.15, -0.1) is 0 Å². The van der Waals surface area contributed by atoms with Gasteiger partial charge in [0.25, 0.3) is 0 Å². The zero-order valence-corrected chi connectivity index (χ0v) is 8.86. The quantitative estimate of drug-likeness (QED) is 0.502. The molecule has 4 atom stereocenters. The van der Waals surface area contributed by atoms with Gasteiger partial charge in [0, 0.05) is 20.2 Å². The Morgan fingerprint density at radius 2 is 2.31 bits per heavy atom. The molecule has 1 saturated heterocycles. The fraction of sp³-hybridized carbons (Fsp3) is 1.00. The number of ether oxygens (including phenoxy) is 2. The van der Waals surface area contributed by atoms with Crippen molar-refractivity contribution in [3.05, 3.63) is 0 Å². The molecule has 0 spiro atoms. The molecule has 1 fully saturated rings. The summed E-state index contributed by atoms with van der Waals surface area (Å²) in [5, 5.41) is 0. The highest BCUT2D eigenvalue weighted by Crippen LogP contribution is 2.41. The van der Waals surface area contributed by atoms with E-state index in [1.807, 2.05) is 0 Å². The number of rotatable bonds is 3. The van der Waals surface area contributed by atoms with Gasteiger partial charge in [0.05, 0.1) is 12.1 Å². The molecule has 5 nitrogen and oxygen atoms in total. The Hall–Kier alpha value is 0.135. The van der Waals surface area contributed by atoms with Gasteiger partial charge < -0.3 is 18.9 Å². The Kier molecular flexibility index (Phi) is 3.54.